The van der Waals surface area contributed by atoms with Gasteiger partial charge in [-0.25, -0.2) is 0 Å². The van der Waals surface area contributed by atoms with E-state index < -0.39 is 5.79 Å². The van der Waals surface area contributed by atoms with Crippen molar-refractivity contribution >= 4 is 0 Å². The van der Waals surface area contributed by atoms with Crippen LogP contribution in [0.1, 0.15) is 58.8 Å². The fraction of sp³-hybridized carbons (Fsp3) is 0.789. The van der Waals surface area contributed by atoms with Crippen molar-refractivity contribution in [2.75, 3.05) is 0 Å². The Labute approximate surface area is 127 Å². The van der Waals surface area contributed by atoms with Gasteiger partial charge in [0.15, 0.2) is 5.79 Å². The van der Waals surface area contributed by atoms with Gasteiger partial charge in [0.1, 0.15) is 0 Å². The fourth-order valence-electron chi connectivity index (χ4n) is 6.33. The van der Waals surface area contributed by atoms with Gasteiger partial charge in [-0.15, -0.1) is 0 Å². The SMILES string of the molecule is C[C@]12C=CCC=C1CC[C@@H]1[C@H]2CC[C@@]2(C)[C@H]1CCC2(O)O. The van der Waals surface area contributed by atoms with E-state index in [0.29, 0.717) is 24.2 Å². The van der Waals surface area contributed by atoms with Gasteiger partial charge >= 0.3 is 0 Å². The molecule has 3 fully saturated rings. The molecule has 4 aliphatic carbocycles. The number of allylic oxidation sites excluding steroid dienone is 4. The molecule has 3 saturated carbocycles. The third-order valence-electron chi connectivity index (χ3n) is 7.72. The zero-order valence-electron chi connectivity index (χ0n) is 13.3. The smallest absolute Gasteiger partial charge is 0.168 e. The third kappa shape index (κ3) is 1.66. The molecule has 0 aromatic heterocycles. The number of hydrogen-bond donors (Lipinski definition) is 2. The van der Waals surface area contributed by atoms with Crippen molar-refractivity contribution in [2.24, 2.45) is 28.6 Å². The van der Waals surface area contributed by atoms with E-state index in [9.17, 15) is 10.2 Å². The minimum absolute atomic E-state index is 0.235. The van der Waals surface area contributed by atoms with E-state index in [1.54, 1.807) is 5.57 Å². The summed E-state index contributed by atoms with van der Waals surface area (Å²) in [4.78, 5) is 0. The van der Waals surface area contributed by atoms with E-state index >= 15 is 0 Å². The summed E-state index contributed by atoms with van der Waals surface area (Å²) >= 11 is 0. The number of rotatable bonds is 0. The summed E-state index contributed by atoms with van der Waals surface area (Å²) < 4.78 is 0. The first-order chi connectivity index (χ1) is 9.88. The second-order valence-corrected chi connectivity index (χ2v) is 8.38. The molecule has 0 aromatic rings. The number of aliphatic hydroxyl groups is 2. The maximum Gasteiger partial charge on any atom is 0.168 e. The highest BCUT2D eigenvalue weighted by Gasteiger charge is 2.63. The number of hydrogen-bond acceptors (Lipinski definition) is 2. The standard InChI is InChI=1S/C19H28O2/c1-17-10-4-3-5-13(17)6-7-14-15(17)8-11-18(2)16(14)9-12-19(18,20)21/h4-5,10,14-16,20-21H,3,6-9,11-12H2,1-2H3/t14-,15-,16+,17+,18+/m1/s1. The minimum atomic E-state index is -1.44. The van der Waals surface area contributed by atoms with Gasteiger partial charge in [0, 0.05) is 17.3 Å². The highest BCUT2D eigenvalue weighted by molar-refractivity contribution is 5.31. The van der Waals surface area contributed by atoms with Crippen LogP contribution in [0, 0.1) is 28.6 Å². The summed E-state index contributed by atoms with van der Waals surface area (Å²) in [5, 5.41) is 20.9. The van der Waals surface area contributed by atoms with Crippen LogP contribution in [0.3, 0.4) is 0 Å². The molecule has 5 atom stereocenters. The van der Waals surface area contributed by atoms with Crippen LogP contribution < -0.4 is 0 Å². The highest BCUT2D eigenvalue weighted by Crippen LogP contribution is 2.66. The summed E-state index contributed by atoms with van der Waals surface area (Å²) in [6, 6.07) is 0. The van der Waals surface area contributed by atoms with Crippen molar-refractivity contribution in [1.29, 1.82) is 0 Å². The Morgan fingerprint density at radius 3 is 2.62 bits per heavy atom. The van der Waals surface area contributed by atoms with Gasteiger partial charge < -0.3 is 10.2 Å². The third-order valence-corrected chi connectivity index (χ3v) is 7.72. The van der Waals surface area contributed by atoms with Crippen molar-refractivity contribution in [3.05, 3.63) is 23.8 Å². The van der Waals surface area contributed by atoms with Crippen molar-refractivity contribution in [3.8, 4) is 0 Å². The second-order valence-electron chi connectivity index (χ2n) is 8.38. The Kier molecular flexibility index (Phi) is 2.83. The Bertz CT molecular complexity index is 518. The van der Waals surface area contributed by atoms with Crippen molar-refractivity contribution < 1.29 is 10.2 Å². The molecule has 0 spiro atoms. The lowest BCUT2D eigenvalue weighted by atomic mass is 9.48. The Hall–Kier alpha value is -0.600. The van der Waals surface area contributed by atoms with Crippen LogP contribution in [0.2, 0.25) is 0 Å². The van der Waals surface area contributed by atoms with Crippen LogP contribution >= 0.6 is 0 Å². The molecule has 2 N–H and O–H groups in total. The lowest BCUT2D eigenvalue weighted by Crippen LogP contribution is -2.54. The predicted molar refractivity (Wildman–Crippen MR) is 83.4 cm³/mol. The van der Waals surface area contributed by atoms with Crippen LogP contribution in [0.15, 0.2) is 23.8 Å². The van der Waals surface area contributed by atoms with Gasteiger partial charge in [-0.05, 0) is 56.3 Å². The molecule has 2 heteroatoms. The average molecular weight is 288 g/mol. The molecule has 0 unspecified atom stereocenters. The van der Waals surface area contributed by atoms with Crippen molar-refractivity contribution in [1.82, 2.24) is 0 Å². The molecule has 116 valence electrons. The quantitative estimate of drug-likeness (QED) is 0.526. The first kappa shape index (κ1) is 14.0. The van der Waals surface area contributed by atoms with Gasteiger partial charge in [0.25, 0.3) is 0 Å². The highest BCUT2D eigenvalue weighted by atomic mass is 16.5. The molecule has 0 bridgehead atoms. The van der Waals surface area contributed by atoms with E-state index in [4.69, 9.17) is 0 Å². The maximum atomic E-state index is 10.5. The van der Waals surface area contributed by atoms with E-state index in [-0.39, 0.29) is 10.8 Å². The molecule has 0 heterocycles. The molecular formula is C19H28O2. The molecular weight excluding hydrogens is 260 g/mol. The van der Waals surface area contributed by atoms with E-state index in [2.05, 4.69) is 32.1 Å². The summed E-state index contributed by atoms with van der Waals surface area (Å²) in [6.45, 7) is 4.55. The first-order valence-electron chi connectivity index (χ1n) is 8.70. The normalized spacial score (nSPS) is 50.9. The van der Waals surface area contributed by atoms with Crippen LogP contribution in [0.4, 0.5) is 0 Å². The second kappa shape index (κ2) is 4.23. The van der Waals surface area contributed by atoms with Gasteiger partial charge in [-0.1, -0.05) is 37.6 Å². The van der Waals surface area contributed by atoms with E-state index in [1.165, 1.54) is 12.8 Å². The molecule has 0 amide bonds. The van der Waals surface area contributed by atoms with Gasteiger partial charge in [-0.2, -0.15) is 0 Å². The summed E-state index contributed by atoms with van der Waals surface area (Å²) in [7, 11) is 0. The van der Waals surface area contributed by atoms with E-state index in [0.717, 1.165) is 25.7 Å². The summed E-state index contributed by atoms with van der Waals surface area (Å²) in [5.41, 5.74) is 1.59. The predicted octanol–water partition coefficient (Wildman–Crippen LogP) is 3.80. The lowest BCUT2D eigenvalue weighted by Gasteiger charge is -2.57. The molecule has 0 aromatic carbocycles. The van der Waals surface area contributed by atoms with Crippen LogP contribution in [0.5, 0.6) is 0 Å². The van der Waals surface area contributed by atoms with Crippen LogP contribution in [0.25, 0.3) is 0 Å². The number of fused-ring (bicyclic) bond motifs is 5. The molecule has 4 aliphatic rings. The summed E-state index contributed by atoms with van der Waals surface area (Å²) in [6.07, 6.45) is 14.4. The molecule has 0 radical (unpaired) electrons. The molecule has 0 aliphatic heterocycles. The lowest BCUT2D eigenvalue weighted by molar-refractivity contribution is -0.246. The molecule has 21 heavy (non-hydrogen) atoms. The summed E-state index contributed by atoms with van der Waals surface area (Å²) in [5.74, 6) is 0.401. The van der Waals surface area contributed by atoms with E-state index in [1.807, 2.05) is 0 Å². The van der Waals surface area contributed by atoms with Gasteiger partial charge in [0.2, 0.25) is 0 Å². The first-order valence-corrected chi connectivity index (χ1v) is 8.70. The monoisotopic (exact) mass is 288 g/mol. The molecule has 0 saturated heterocycles. The Morgan fingerprint density at radius 2 is 1.81 bits per heavy atom. The van der Waals surface area contributed by atoms with Crippen LogP contribution in [-0.2, 0) is 0 Å². The van der Waals surface area contributed by atoms with Crippen molar-refractivity contribution in [3.63, 3.8) is 0 Å². The molecule has 4 rings (SSSR count). The van der Waals surface area contributed by atoms with Crippen LogP contribution in [-0.4, -0.2) is 16.0 Å². The Morgan fingerprint density at radius 1 is 1.05 bits per heavy atom. The van der Waals surface area contributed by atoms with Gasteiger partial charge in [0.05, 0.1) is 0 Å². The zero-order valence-corrected chi connectivity index (χ0v) is 13.3. The fourth-order valence-corrected chi connectivity index (χ4v) is 6.33. The van der Waals surface area contributed by atoms with Crippen molar-refractivity contribution in [2.45, 2.75) is 64.6 Å². The largest absolute Gasteiger partial charge is 0.365 e. The topological polar surface area (TPSA) is 40.5 Å². The maximum absolute atomic E-state index is 10.5. The Balaban J connectivity index is 1.71. The zero-order chi connectivity index (χ0) is 14.9. The van der Waals surface area contributed by atoms with Gasteiger partial charge in [-0.3, -0.25) is 0 Å². The minimum Gasteiger partial charge on any atom is -0.365 e. The average Bonchev–Trinajstić information content (AvgIpc) is 2.69. The molecule has 2 nitrogen and oxygen atoms in total.